The molecule has 1 aromatic carbocycles. The van der Waals surface area contributed by atoms with Crippen LogP contribution >= 0.6 is 27.3 Å². The molecule has 6 rings (SSSR count). The van der Waals surface area contributed by atoms with E-state index >= 15 is 0 Å². The number of sulfonamides is 1. The van der Waals surface area contributed by atoms with Crippen LogP contribution in [0.2, 0.25) is 0 Å². The topological polar surface area (TPSA) is 169 Å². The van der Waals surface area contributed by atoms with Gasteiger partial charge in [-0.1, -0.05) is 26.0 Å². The van der Waals surface area contributed by atoms with E-state index in [-0.39, 0.29) is 25.4 Å². The SMILES string of the molecule is COc1ccc2c(OCCC3NC(=O)N(C)CCCCC=CC4CC4(C(=O)NS(=O)(=O)C4(C)CC4)NC3=O)cc(-c3nc(C(C)C)cs3)nc2c1Br. The van der Waals surface area contributed by atoms with Gasteiger partial charge in [-0.2, -0.15) is 0 Å². The zero-order valence-electron chi connectivity index (χ0n) is 30.0. The number of methoxy groups -OCH3 is 1. The van der Waals surface area contributed by atoms with Crippen molar-refractivity contribution in [3.8, 4) is 22.2 Å². The largest absolute Gasteiger partial charge is 0.495 e. The molecule has 1 aliphatic heterocycles. The summed E-state index contributed by atoms with van der Waals surface area (Å²) in [5.41, 5.74) is 0.703. The van der Waals surface area contributed by atoms with Gasteiger partial charge < -0.3 is 25.0 Å². The molecule has 0 spiro atoms. The van der Waals surface area contributed by atoms with Gasteiger partial charge in [-0.25, -0.2) is 23.2 Å². The fraction of sp³-hybridized carbons (Fsp3) is 0.528. The molecule has 16 heteroatoms. The number of halogens is 1. The number of nitrogens with zero attached hydrogens (tertiary/aromatic N) is 3. The lowest BCUT2D eigenvalue weighted by atomic mass is 10.1. The second kappa shape index (κ2) is 14.9. The summed E-state index contributed by atoms with van der Waals surface area (Å²) < 4.78 is 39.8. The molecular weight excluding hydrogens is 772 g/mol. The summed E-state index contributed by atoms with van der Waals surface area (Å²) in [6.07, 6.45) is 7.33. The summed E-state index contributed by atoms with van der Waals surface area (Å²) in [6.45, 7) is 6.25. The van der Waals surface area contributed by atoms with Crippen molar-refractivity contribution >= 4 is 66.0 Å². The van der Waals surface area contributed by atoms with Gasteiger partial charge in [0.15, 0.2) is 0 Å². The first-order chi connectivity index (χ1) is 24.7. The maximum atomic E-state index is 14.0. The molecule has 3 atom stereocenters. The van der Waals surface area contributed by atoms with Crippen molar-refractivity contribution in [3.05, 3.63) is 45.9 Å². The number of fused-ring (bicyclic) bond motifs is 2. The highest BCUT2D eigenvalue weighted by Crippen LogP contribution is 2.47. The molecule has 3 N–H and O–H groups in total. The Labute approximate surface area is 316 Å². The van der Waals surface area contributed by atoms with Gasteiger partial charge in [0.05, 0.1) is 34.1 Å². The van der Waals surface area contributed by atoms with Crippen molar-refractivity contribution in [1.82, 2.24) is 30.2 Å². The molecular formula is C36H45BrN6O7S2. The number of rotatable bonds is 10. The lowest BCUT2D eigenvalue weighted by Crippen LogP contribution is -2.58. The third kappa shape index (κ3) is 7.79. The minimum absolute atomic E-state index is 0.00859. The van der Waals surface area contributed by atoms with E-state index < -0.39 is 50.1 Å². The average Bonchev–Trinajstić information content (AvgIpc) is 3.96. The molecule has 3 aliphatic rings. The van der Waals surface area contributed by atoms with E-state index in [0.717, 1.165) is 30.0 Å². The standard InChI is InChI=1S/C36H45BrN6O7S2/c1-21(2)26-20-51-32(39-26)25-18-28(23-11-12-27(49-5)29(37)30(23)38-25)50-17-13-24-31(44)41-36(33(45)42-52(47,48)35(3)14-15-35)19-22(36)10-8-6-7-9-16-43(4)34(46)40-24/h8,10-12,18,20-22,24H,6-7,9,13-17,19H2,1-5H3,(H,40,46)(H,41,44)(H,42,45). The normalized spacial score (nSPS) is 23.3. The molecule has 52 heavy (non-hydrogen) atoms. The Morgan fingerprint density at radius 3 is 2.65 bits per heavy atom. The average molecular weight is 818 g/mol. The van der Waals surface area contributed by atoms with Crippen molar-refractivity contribution in [3.63, 3.8) is 0 Å². The summed E-state index contributed by atoms with van der Waals surface area (Å²) in [4.78, 5) is 52.2. The van der Waals surface area contributed by atoms with Crippen LogP contribution in [-0.2, 0) is 19.6 Å². The van der Waals surface area contributed by atoms with Crippen LogP contribution in [0.4, 0.5) is 4.79 Å². The van der Waals surface area contributed by atoms with E-state index in [0.29, 0.717) is 52.0 Å². The fourth-order valence-corrected chi connectivity index (χ4v) is 8.97. The van der Waals surface area contributed by atoms with Crippen LogP contribution in [0.5, 0.6) is 11.5 Å². The maximum Gasteiger partial charge on any atom is 0.317 e. The van der Waals surface area contributed by atoms with Crippen LogP contribution in [0.15, 0.2) is 40.2 Å². The first kappa shape index (κ1) is 38.0. The summed E-state index contributed by atoms with van der Waals surface area (Å²) in [6, 6.07) is 3.91. The van der Waals surface area contributed by atoms with Crippen LogP contribution in [0.25, 0.3) is 21.6 Å². The molecule has 2 fully saturated rings. The highest BCUT2D eigenvalue weighted by Gasteiger charge is 2.62. The van der Waals surface area contributed by atoms with Gasteiger partial charge in [-0.3, -0.25) is 14.3 Å². The summed E-state index contributed by atoms with van der Waals surface area (Å²) in [7, 11) is -0.703. The summed E-state index contributed by atoms with van der Waals surface area (Å²) in [5, 5.41) is 9.11. The zero-order chi connectivity index (χ0) is 37.4. The number of ether oxygens (including phenoxy) is 2. The van der Waals surface area contributed by atoms with E-state index in [1.165, 1.54) is 16.2 Å². The van der Waals surface area contributed by atoms with Crippen LogP contribution in [-0.4, -0.2) is 84.8 Å². The van der Waals surface area contributed by atoms with Gasteiger partial charge in [0.1, 0.15) is 33.8 Å². The quantitative estimate of drug-likeness (QED) is 0.219. The van der Waals surface area contributed by atoms with Crippen molar-refractivity contribution in [2.24, 2.45) is 5.92 Å². The van der Waals surface area contributed by atoms with Crippen molar-refractivity contribution in [2.45, 2.75) is 88.0 Å². The van der Waals surface area contributed by atoms with Crippen molar-refractivity contribution in [1.29, 1.82) is 0 Å². The van der Waals surface area contributed by atoms with Crippen LogP contribution < -0.4 is 24.8 Å². The predicted octanol–water partition coefficient (Wildman–Crippen LogP) is 5.65. The molecule has 13 nitrogen and oxygen atoms in total. The van der Waals surface area contributed by atoms with Crippen LogP contribution in [0, 0.1) is 5.92 Å². The second-order valence-electron chi connectivity index (χ2n) is 14.4. The molecule has 3 aromatic rings. The highest BCUT2D eigenvalue weighted by atomic mass is 79.9. The molecule has 0 saturated heterocycles. The molecule has 2 aromatic heterocycles. The predicted molar refractivity (Wildman–Crippen MR) is 203 cm³/mol. The van der Waals surface area contributed by atoms with Gasteiger partial charge in [0, 0.05) is 42.8 Å². The zero-order valence-corrected chi connectivity index (χ0v) is 33.2. The molecule has 3 heterocycles. The third-order valence-electron chi connectivity index (χ3n) is 10.1. The lowest BCUT2D eigenvalue weighted by Gasteiger charge is -2.26. The van der Waals surface area contributed by atoms with Crippen LogP contribution in [0.1, 0.15) is 77.3 Å². The molecule has 280 valence electrons. The molecule has 0 bridgehead atoms. The van der Waals surface area contributed by atoms with Gasteiger partial charge in [0.25, 0.3) is 5.91 Å². The molecule has 3 unspecified atom stereocenters. The monoisotopic (exact) mass is 816 g/mol. The molecule has 4 amide bonds. The number of amides is 4. The van der Waals surface area contributed by atoms with Gasteiger partial charge in [-0.05, 0) is 79.4 Å². The van der Waals surface area contributed by atoms with E-state index in [1.807, 2.05) is 29.7 Å². The Bertz CT molecular complexity index is 2010. The summed E-state index contributed by atoms with van der Waals surface area (Å²) in [5.74, 6) is -0.439. The lowest BCUT2D eigenvalue weighted by molar-refractivity contribution is -0.130. The first-order valence-corrected chi connectivity index (χ1v) is 20.7. The minimum Gasteiger partial charge on any atom is -0.495 e. The van der Waals surface area contributed by atoms with E-state index in [1.54, 1.807) is 27.1 Å². The number of thiazole rings is 1. The molecule has 2 aliphatic carbocycles. The van der Waals surface area contributed by atoms with E-state index in [9.17, 15) is 22.8 Å². The number of allylic oxidation sites excluding steroid dienone is 1. The number of aromatic nitrogens is 2. The number of hydrogen-bond acceptors (Lipinski definition) is 10. The minimum atomic E-state index is -3.94. The number of urea groups is 1. The number of pyridine rings is 1. The van der Waals surface area contributed by atoms with Gasteiger partial charge >= 0.3 is 6.03 Å². The number of carbonyl (C=O) groups excluding carboxylic acids is 3. The Kier molecular flexibility index (Phi) is 10.9. The van der Waals surface area contributed by atoms with Gasteiger partial charge in [0.2, 0.25) is 15.9 Å². The Morgan fingerprint density at radius 2 is 1.96 bits per heavy atom. The molecule has 2 saturated carbocycles. The molecule has 0 radical (unpaired) electrons. The maximum absolute atomic E-state index is 14.0. The Morgan fingerprint density at radius 1 is 1.19 bits per heavy atom. The smallest absolute Gasteiger partial charge is 0.317 e. The number of benzene rings is 1. The summed E-state index contributed by atoms with van der Waals surface area (Å²) >= 11 is 5.12. The van der Waals surface area contributed by atoms with Crippen molar-refractivity contribution in [2.75, 3.05) is 27.3 Å². The second-order valence-corrected chi connectivity index (χ2v) is 18.2. The third-order valence-corrected chi connectivity index (χ3v) is 13.9. The number of nitrogens with one attached hydrogen (secondary N) is 3. The number of hydrogen-bond donors (Lipinski definition) is 3. The Hall–Kier alpha value is -3.76. The first-order valence-electron chi connectivity index (χ1n) is 17.5. The highest BCUT2D eigenvalue weighted by molar-refractivity contribution is 9.10. The van der Waals surface area contributed by atoms with E-state index in [2.05, 4.69) is 45.1 Å². The van der Waals surface area contributed by atoms with Crippen molar-refractivity contribution < 1.29 is 32.3 Å². The van der Waals surface area contributed by atoms with Crippen LogP contribution in [0.3, 0.4) is 0 Å². The number of carbonyl (C=O) groups is 3. The Balaban J connectivity index is 1.27. The van der Waals surface area contributed by atoms with Gasteiger partial charge in [-0.15, -0.1) is 11.3 Å². The van der Waals surface area contributed by atoms with E-state index in [4.69, 9.17) is 19.4 Å². The fourth-order valence-electron chi connectivity index (χ4n) is 6.12.